The summed E-state index contributed by atoms with van der Waals surface area (Å²) in [5, 5.41) is 0. The van der Waals surface area contributed by atoms with Gasteiger partial charge in [-0.1, -0.05) is 0 Å². The first-order valence-corrected chi connectivity index (χ1v) is 4.65. The van der Waals surface area contributed by atoms with Crippen LogP contribution in [0, 0.1) is 13.8 Å². The Labute approximate surface area is 87.6 Å². The topological polar surface area (TPSA) is 47.8 Å². The summed E-state index contributed by atoms with van der Waals surface area (Å²) in [5.74, 6) is 0.630. The van der Waals surface area contributed by atoms with Gasteiger partial charge in [0.25, 0.3) is 0 Å². The molecular formula is C11H11N3O. The number of imidazole rings is 1. The molecule has 0 unspecified atom stereocenters. The predicted octanol–water partition coefficient (Wildman–Crippen LogP) is 1.70. The highest BCUT2D eigenvalue weighted by molar-refractivity contribution is 5.79. The average molecular weight is 201 g/mol. The zero-order valence-electron chi connectivity index (χ0n) is 8.64. The Morgan fingerprint density at radius 2 is 2.13 bits per heavy atom. The summed E-state index contributed by atoms with van der Waals surface area (Å²) in [6.45, 7) is 3.88. The van der Waals surface area contributed by atoms with Gasteiger partial charge >= 0.3 is 0 Å². The van der Waals surface area contributed by atoms with Crippen molar-refractivity contribution in [3.63, 3.8) is 0 Å². The summed E-state index contributed by atoms with van der Waals surface area (Å²) in [6.07, 6.45) is 4.15. The Morgan fingerprint density at radius 1 is 1.33 bits per heavy atom. The van der Waals surface area contributed by atoms with Crippen molar-refractivity contribution in [2.75, 3.05) is 0 Å². The molecule has 0 aromatic carbocycles. The Bertz CT molecular complexity index is 502. The molecule has 2 heterocycles. The molecule has 0 bridgehead atoms. The third-order valence-corrected chi connectivity index (χ3v) is 2.42. The van der Waals surface area contributed by atoms with E-state index in [-0.39, 0.29) is 0 Å². The fraction of sp³-hybridized carbons (Fsp3) is 0.182. The average Bonchev–Trinajstić information content (AvgIpc) is 2.60. The van der Waals surface area contributed by atoms with Crippen LogP contribution in [0.2, 0.25) is 0 Å². The van der Waals surface area contributed by atoms with Crippen LogP contribution in [0.25, 0.3) is 5.82 Å². The first kappa shape index (κ1) is 9.58. The second kappa shape index (κ2) is 3.65. The molecule has 0 fully saturated rings. The lowest BCUT2D eigenvalue weighted by atomic mass is 10.2. The van der Waals surface area contributed by atoms with Gasteiger partial charge in [0.05, 0.1) is 11.3 Å². The van der Waals surface area contributed by atoms with Gasteiger partial charge in [-0.15, -0.1) is 0 Å². The molecule has 2 aromatic rings. The second-order valence-corrected chi connectivity index (χ2v) is 3.32. The van der Waals surface area contributed by atoms with Crippen LogP contribution in [0.5, 0.6) is 0 Å². The van der Waals surface area contributed by atoms with Crippen LogP contribution in [0.15, 0.2) is 24.7 Å². The molecule has 0 atom stereocenters. The van der Waals surface area contributed by atoms with E-state index in [4.69, 9.17) is 0 Å². The highest BCUT2D eigenvalue weighted by Crippen LogP contribution is 2.13. The van der Waals surface area contributed by atoms with E-state index in [0.29, 0.717) is 11.4 Å². The standard InChI is InChI=1S/C11H11N3O/c1-8-9(2)14(7-13-8)11-10(6-15)4-3-5-12-11/h3-7H,1-2H3. The zero-order valence-corrected chi connectivity index (χ0v) is 8.64. The molecule has 4 nitrogen and oxygen atoms in total. The fourth-order valence-corrected chi connectivity index (χ4v) is 1.41. The first-order chi connectivity index (χ1) is 7.24. The van der Waals surface area contributed by atoms with Crippen molar-refractivity contribution in [3.05, 3.63) is 41.6 Å². The van der Waals surface area contributed by atoms with E-state index in [1.807, 2.05) is 18.4 Å². The Hall–Kier alpha value is -1.97. The Morgan fingerprint density at radius 3 is 2.73 bits per heavy atom. The number of nitrogens with zero attached hydrogens (tertiary/aromatic N) is 3. The molecule has 0 saturated heterocycles. The monoisotopic (exact) mass is 201 g/mol. The summed E-state index contributed by atoms with van der Waals surface area (Å²) in [5.41, 5.74) is 2.51. The van der Waals surface area contributed by atoms with Crippen LogP contribution in [-0.4, -0.2) is 20.8 Å². The van der Waals surface area contributed by atoms with Crippen LogP contribution >= 0.6 is 0 Å². The molecule has 0 radical (unpaired) electrons. The minimum absolute atomic E-state index is 0.568. The van der Waals surface area contributed by atoms with Crippen molar-refractivity contribution in [2.45, 2.75) is 13.8 Å². The van der Waals surface area contributed by atoms with E-state index >= 15 is 0 Å². The smallest absolute Gasteiger partial charge is 0.153 e. The molecule has 2 rings (SSSR count). The minimum atomic E-state index is 0.568. The fourth-order valence-electron chi connectivity index (χ4n) is 1.41. The van der Waals surface area contributed by atoms with Gasteiger partial charge in [0.1, 0.15) is 12.1 Å². The number of pyridine rings is 1. The second-order valence-electron chi connectivity index (χ2n) is 3.32. The van der Waals surface area contributed by atoms with Crippen molar-refractivity contribution >= 4 is 6.29 Å². The number of hydrogen-bond donors (Lipinski definition) is 0. The van der Waals surface area contributed by atoms with E-state index in [0.717, 1.165) is 17.7 Å². The molecule has 0 aliphatic rings. The summed E-state index contributed by atoms with van der Waals surface area (Å²) in [6, 6.07) is 3.48. The van der Waals surface area contributed by atoms with Crippen molar-refractivity contribution in [2.24, 2.45) is 0 Å². The number of aromatic nitrogens is 3. The van der Waals surface area contributed by atoms with E-state index < -0.39 is 0 Å². The summed E-state index contributed by atoms with van der Waals surface area (Å²) < 4.78 is 1.82. The molecule has 0 spiro atoms. The molecule has 2 aromatic heterocycles. The molecular weight excluding hydrogens is 190 g/mol. The largest absolute Gasteiger partial charge is 0.298 e. The number of aryl methyl sites for hydroxylation is 1. The number of rotatable bonds is 2. The van der Waals surface area contributed by atoms with Gasteiger partial charge in [-0.05, 0) is 26.0 Å². The maximum atomic E-state index is 10.8. The SMILES string of the molecule is Cc1ncn(-c2ncccc2C=O)c1C. The van der Waals surface area contributed by atoms with Crippen molar-refractivity contribution in [1.29, 1.82) is 0 Å². The van der Waals surface area contributed by atoms with Crippen LogP contribution in [0.1, 0.15) is 21.7 Å². The number of hydrogen-bond acceptors (Lipinski definition) is 3. The lowest BCUT2D eigenvalue weighted by Crippen LogP contribution is -2.02. The first-order valence-electron chi connectivity index (χ1n) is 4.65. The molecule has 4 heteroatoms. The number of carbonyl (C=O) groups is 1. The van der Waals surface area contributed by atoms with E-state index in [9.17, 15) is 4.79 Å². The molecule has 15 heavy (non-hydrogen) atoms. The Balaban J connectivity index is 2.63. The molecule has 0 aliphatic carbocycles. The van der Waals surface area contributed by atoms with Gasteiger partial charge in [0.2, 0.25) is 0 Å². The summed E-state index contributed by atoms with van der Waals surface area (Å²) in [4.78, 5) is 19.2. The van der Waals surface area contributed by atoms with Crippen LogP contribution in [-0.2, 0) is 0 Å². The quantitative estimate of drug-likeness (QED) is 0.695. The lowest BCUT2D eigenvalue weighted by molar-refractivity contribution is 0.112. The van der Waals surface area contributed by atoms with Gasteiger partial charge in [0.15, 0.2) is 6.29 Å². The highest BCUT2D eigenvalue weighted by atomic mass is 16.1. The van der Waals surface area contributed by atoms with E-state index in [1.54, 1.807) is 24.7 Å². The van der Waals surface area contributed by atoms with Gasteiger partial charge in [0, 0.05) is 11.9 Å². The van der Waals surface area contributed by atoms with E-state index in [1.165, 1.54) is 0 Å². The zero-order chi connectivity index (χ0) is 10.8. The van der Waals surface area contributed by atoms with Crippen LogP contribution < -0.4 is 0 Å². The van der Waals surface area contributed by atoms with Crippen molar-refractivity contribution in [1.82, 2.24) is 14.5 Å². The molecule has 0 aliphatic heterocycles. The normalized spacial score (nSPS) is 10.3. The van der Waals surface area contributed by atoms with Gasteiger partial charge in [-0.2, -0.15) is 0 Å². The summed E-state index contributed by atoms with van der Waals surface area (Å²) in [7, 11) is 0. The third kappa shape index (κ3) is 1.54. The van der Waals surface area contributed by atoms with Crippen LogP contribution in [0.3, 0.4) is 0 Å². The molecule has 0 saturated carbocycles. The minimum Gasteiger partial charge on any atom is -0.298 e. The lowest BCUT2D eigenvalue weighted by Gasteiger charge is -2.06. The van der Waals surface area contributed by atoms with Crippen molar-refractivity contribution in [3.8, 4) is 5.82 Å². The third-order valence-electron chi connectivity index (χ3n) is 2.42. The predicted molar refractivity (Wildman–Crippen MR) is 56.2 cm³/mol. The molecule has 76 valence electrons. The van der Waals surface area contributed by atoms with E-state index in [2.05, 4.69) is 9.97 Å². The summed E-state index contributed by atoms with van der Waals surface area (Å²) >= 11 is 0. The highest BCUT2D eigenvalue weighted by Gasteiger charge is 2.08. The maximum absolute atomic E-state index is 10.8. The number of carbonyl (C=O) groups excluding carboxylic acids is 1. The van der Waals surface area contributed by atoms with Crippen molar-refractivity contribution < 1.29 is 4.79 Å². The molecule has 0 N–H and O–H groups in total. The Kier molecular flexibility index (Phi) is 2.33. The van der Waals surface area contributed by atoms with Gasteiger partial charge < -0.3 is 0 Å². The van der Waals surface area contributed by atoms with Gasteiger partial charge in [-0.3, -0.25) is 9.36 Å². The van der Waals surface area contributed by atoms with Crippen LogP contribution in [0.4, 0.5) is 0 Å². The van der Waals surface area contributed by atoms with Gasteiger partial charge in [-0.25, -0.2) is 9.97 Å². The molecule has 0 amide bonds. The number of aldehydes is 1. The maximum Gasteiger partial charge on any atom is 0.153 e.